The van der Waals surface area contributed by atoms with E-state index in [-0.39, 0.29) is 40.8 Å². The molecule has 0 bridgehead atoms. The van der Waals surface area contributed by atoms with Crippen molar-refractivity contribution in [1.29, 1.82) is 0 Å². The van der Waals surface area contributed by atoms with E-state index in [1.807, 2.05) is 30.3 Å². The third-order valence-corrected chi connectivity index (χ3v) is 0.607. The van der Waals surface area contributed by atoms with Gasteiger partial charge in [0, 0.05) is 40.8 Å². The number of benzene rings is 1. The molecule has 0 aromatic heterocycles. The molecule has 0 spiro atoms. The maximum absolute atomic E-state index is 2.89. The third kappa shape index (κ3) is 3.18. The van der Waals surface area contributed by atoms with Gasteiger partial charge in [-0.3, -0.25) is 0 Å². The summed E-state index contributed by atoms with van der Waals surface area (Å²) in [6.07, 6.45) is 0. The van der Waals surface area contributed by atoms with Crippen LogP contribution in [-0.2, 0) is 0 Å². The second-order valence-corrected chi connectivity index (χ2v) is 1.08. The molecule has 7 heavy (non-hydrogen) atoms. The average molecular weight is 221 g/mol. The molecule has 0 N–H and O–H groups in total. The van der Waals surface area contributed by atoms with Crippen LogP contribution in [0.2, 0.25) is 0 Å². The zero-order chi connectivity index (χ0) is 4.24. The fourth-order valence-corrected chi connectivity index (χ4v) is 0.342. The van der Waals surface area contributed by atoms with Crippen LogP contribution in [-0.4, -0.2) is 0 Å². The molecule has 1 aromatic carbocycles. The Bertz CT molecular complexity index is 76.1. The van der Waals surface area contributed by atoms with E-state index in [2.05, 4.69) is 6.07 Å². The van der Waals surface area contributed by atoms with Crippen LogP contribution in [0.3, 0.4) is 0 Å². The molecule has 0 saturated heterocycles. The average Bonchev–Trinajstić information content (AvgIpc) is 1.72. The summed E-state index contributed by atoms with van der Waals surface area (Å²) < 4.78 is 0. The Labute approximate surface area is 76.5 Å². The minimum absolute atomic E-state index is 0. The largest absolute Gasteiger partial charge is 0.0622 e. The van der Waals surface area contributed by atoms with Crippen molar-refractivity contribution in [2.45, 2.75) is 0 Å². The third-order valence-electron chi connectivity index (χ3n) is 0.607. The molecular weight excluding hydrogens is 216 g/mol. The SMILES string of the molecule is [Nd].[c]1ccccc1. The van der Waals surface area contributed by atoms with E-state index in [0.717, 1.165) is 0 Å². The summed E-state index contributed by atoms with van der Waals surface area (Å²) in [6, 6.07) is 12.5. The fourth-order valence-electron chi connectivity index (χ4n) is 0.342. The van der Waals surface area contributed by atoms with E-state index in [4.69, 9.17) is 0 Å². The van der Waals surface area contributed by atoms with Gasteiger partial charge in [-0.15, -0.1) is 0 Å². The molecule has 1 heteroatoms. The van der Waals surface area contributed by atoms with Gasteiger partial charge in [0.2, 0.25) is 0 Å². The molecule has 1 radical (unpaired) electrons. The van der Waals surface area contributed by atoms with Crippen molar-refractivity contribution in [3.8, 4) is 0 Å². The zero-order valence-electron chi connectivity index (χ0n) is 3.89. The second kappa shape index (κ2) is 4.72. The first-order chi connectivity index (χ1) is 3.00. The Morgan fingerprint density at radius 3 is 1.57 bits per heavy atom. The van der Waals surface area contributed by atoms with Crippen LogP contribution in [0.4, 0.5) is 0 Å². The summed E-state index contributed by atoms with van der Waals surface area (Å²) in [5, 5.41) is 0. The summed E-state index contributed by atoms with van der Waals surface area (Å²) in [7, 11) is 0. The molecular formula is C6H5Nd. The monoisotopic (exact) mass is 219 g/mol. The van der Waals surface area contributed by atoms with Gasteiger partial charge in [-0.25, -0.2) is 0 Å². The van der Waals surface area contributed by atoms with E-state index in [9.17, 15) is 0 Å². The maximum Gasteiger partial charge on any atom is 0 e. The van der Waals surface area contributed by atoms with Gasteiger partial charge in [0.15, 0.2) is 0 Å². The van der Waals surface area contributed by atoms with E-state index >= 15 is 0 Å². The van der Waals surface area contributed by atoms with Crippen LogP contribution in [0, 0.1) is 46.9 Å². The molecule has 0 aliphatic heterocycles. The normalized spacial score (nSPS) is 6.86. The van der Waals surface area contributed by atoms with Crippen molar-refractivity contribution in [2.75, 3.05) is 0 Å². The summed E-state index contributed by atoms with van der Waals surface area (Å²) in [4.78, 5) is 0. The van der Waals surface area contributed by atoms with Crippen LogP contribution in [0.1, 0.15) is 0 Å². The summed E-state index contributed by atoms with van der Waals surface area (Å²) in [6.45, 7) is 0. The Kier molecular flexibility index (Phi) is 5.11. The zero-order valence-corrected chi connectivity index (χ0v) is 7.09. The molecule has 0 heterocycles. The molecule has 0 amide bonds. The second-order valence-electron chi connectivity index (χ2n) is 1.08. The van der Waals surface area contributed by atoms with Crippen molar-refractivity contribution in [3.05, 3.63) is 36.4 Å². The fraction of sp³-hybridized carbons (Fsp3) is 0. The van der Waals surface area contributed by atoms with Gasteiger partial charge in [-0.05, 0) is 6.07 Å². The molecule has 0 fully saturated rings. The molecule has 0 nitrogen and oxygen atoms in total. The van der Waals surface area contributed by atoms with Gasteiger partial charge >= 0.3 is 0 Å². The molecule has 0 atom stereocenters. The Hall–Kier alpha value is 0.571. The van der Waals surface area contributed by atoms with Crippen molar-refractivity contribution in [1.82, 2.24) is 0 Å². The minimum atomic E-state index is 0. The van der Waals surface area contributed by atoms with Gasteiger partial charge in [-0.2, -0.15) is 0 Å². The molecule has 0 aliphatic carbocycles. The number of hydrogen-bond donors (Lipinski definition) is 0. The molecule has 33 valence electrons. The summed E-state index contributed by atoms with van der Waals surface area (Å²) in [5.74, 6) is 0. The molecule has 1 aromatic rings. The molecule has 1 rings (SSSR count). The van der Waals surface area contributed by atoms with Crippen LogP contribution >= 0.6 is 0 Å². The first-order valence-corrected chi connectivity index (χ1v) is 1.91. The first kappa shape index (κ1) is 7.57. The quantitative estimate of drug-likeness (QED) is 0.622. The van der Waals surface area contributed by atoms with Crippen LogP contribution in [0.25, 0.3) is 0 Å². The molecule has 0 saturated carbocycles. The van der Waals surface area contributed by atoms with Crippen molar-refractivity contribution >= 4 is 0 Å². The Balaban J connectivity index is 0.000000360. The van der Waals surface area contributed by atoms with Gasteiger partial charge in [0.1, 0.15) is 0 Å². The van der Waals surface area contributed by atoms with E-state index in [1.54, 1.807) is 0 Å². The predicted molar refractivity (Wildman–Crippen MR) is 25.3 cm³/mol. The maximum atomic E-state index is 2.89. The van der Waals surface area contributed by atoms with Crippen LogP contribution in [0.15, 0.2) is 30.3 Å². The van der Waals surface area contributed by atoms with E-state index in [0.29, 0.717) is 0 Å². The van der Waals surface area contributed by atoms with E-state index in [1.165, 1.54) is 0 Å². The Morgan fingerprint density at radius 1 is 0.857 bits per heavy atom. The van der Waals surface area contributed by atoms with Crippen LogP contribution < -0.4 is 0 Å². The van der Waals surface area contributed by atoms with E-state index < -0.39 is 0 Å². The predicted octanol–water partition coefficient (Wildman–Crippen LogP) is 1.49. The topological polar surface area (TPSA) is 0 Å². The van der Waals surface area contributed by atoms with Crippen LogP contribution in [0.5, 0.6) is 0 Å². The van der Waals surface area contributed by atoms with Crippen molar-refractivity contribution in [3.63, 3.8) is 0 Å². The number of hydrogen-bond acceptors (Lipinski definition) is 0. The minimum Gasteiger partial charge on any atom is -0.0622 e. The Morgan fingerprint density at radius 2 is 1.43 bits per heavy atom. The summed E-state index contributed by atoms with van der Waals surface area (Å²) >= 11 is 0. The van der Waals surface area contributed by atoms with Crippen molar-refractivity contribution in [2.24, 2.45) is 0 Å². The molecule has 0 aliphatic rings. The standard InChI is InChI=1S/C6H5.Nd/c1-2-4-6-5-3-1;/h1-5H;. The smallest absolute Gasteiger partial charge is 0 e. The number of rotatable bonds is 0. The van der Waals surface area contributed by atoms with Gasteiger partial charge in [0.25, 0.3) is 0 Å². The van der Waals surface area contributed by atoms with Gasteiger partial charge < -0.3 is 0 Å². The van der Waals surface area contributed by atoms with Gasteiger partial charge in [0.05, 0.1) is 0 Å². The molecule has 0 unspecified atom stereocenters. The van der Waals surface area contributed by atoms with Gasteiger partial charge in [-0.1, -0.05) is 30.3 Å². The van der Waals surface area contributed by atoms with Crippen molar-refractivity contribution < 1.29 is 40.8 Å². The first-order valence-electron chi connectivity index (χ1n) is 1.91. The summed E-state index contributed by atoms with van der Waals surface area (Å²) in [5.41, 5.74) is 0.